The quantitative estimate of drug-likeness (QED) is 0.204. The Morgan fingerprint density at radius 1 is 1.09 bits per heavy atom. The number of aromatic nitrogens is 2. The number of ether oxygens (including phenoxy) is 1. The number of aliphatic carboxylic acids is 1. The number of aryl methyl sites for hydroxylation is 1. The van der Waals surface area contributed by atoms with Gasteiger partial charge < -0.3 is 25.4 Å². The predicted octanol–water partition coefficient (Wildman–Crippen LogP) is 3.88. The van der Waals surface area contributed by atoms with E-state index < -0.39 is 47.5 Å². The number of aliphatic hydroxyl groups excluding tert-OH is 2. The van der Waals surface area contributed by atoms with Gasteiger partial charge in [-0.3, -0.25) is 4.90 Å². The smallest absolute Gasteiger partial charge is 0.475 e. The number of hydrogen-bond acceptors (Lipinski definition) is 8. The van der Waals surface area contributed by atoms with Crippen LogP contribution in [0, 0.1) is 24.4 Å². The molecule has 0 saturated carbocycles. The minimum Gasteiger partial charge on any atom is -0.475 e. The van der Waals surface area contributed by atoms with Crippen LogP contribution in [0.15, 0.2) is 36.4 Å². The molecule has 4 N–H and O–H groups in total. The first-order valence-electron chi connectivity index (χ1n) is 12.8. The van der Waals surface area contributed by atoms with Gasteiger partial charge in [0.2, 0.25) is 0 Å². The van der Waals surface area contributed by atoms with Crippen molar-refractivity contribution in [3.63, 3.8) is 0 Å². The molecule has 44 heavy (non-hydrogen) atoms. The number of urea groups is 1. The van der Waals surface area contributed by atoms with Gasteiger partial charge in [-0.15, -0.1) is 0 Å². The summed E-state index contributed by atoms with van der Waals surface area (Å²) in [4.78, 5) is 33.1. The molecule has 2 heterocycles. The number of halogens is 6. The van der Waals surface area contributed by atoms with Crippen LogP contribution >= 0.6 is 0 Å². The van der Waals surface area contributed by atoms with Gasteiger partial charge in [0.05, 0.1) is 25.5 Å². The molecule has 0 radical (unpaired) electrons. The molecule has 0 fully saturated rings. The summed E-state index contributed by atoms with van der Waals surface area (Å²) in [6, 6.07) is 6.26. The molecule has 1 aliphatic rings. The number of anilines is 2. The number of fused-ring (bicyclic) bond motifs is 1. The summed E-state index contributed by atoms with van der Waals surface area (Å²) < 4.78 is 81.1. The number of carboxylic acid groups (broad SMARTS) is 1. The molecule has 1 unspecified atom stereocenters. The number of carbonyl (C=O) groups excluding carboxylic acids is 1. The van der Waals surface area contributed by atoms with E-state index in [9.17, 15) is 41.4 Å². The van der Waals surface area contributed by atoms with E-state index in [1.54, 1.807) is 18.7 Å². The van der Waals surface area contributed by atoms with Crippen molar-refractivity contribution in [2.75, 3.05) is 31.2 Å². The molecule has 2 aromatic carbocycles. The number of para-hydroxylation sites is 1. The third-order valence-electron chi connectivity index (χ3n) is 6.21. The minimum atomic E-state index is -5.08. The molecule has 238 valence electrons. The van der Waals surface area contributed by atoms with Crippen molar-refractivity contribution in [3.8, 4) is 17.3 Å². The zero-order valence-corrected chi connectivity index (χ0v) is 23.2. The van der Waals surface area contributed by atoms with Gasteiger partial charge in [0, 0.05) is 24.2 Å². The number of benzene rings is 2. The van der Waals surface area contributed by atoms with E-state index in [2.05, 4.69) is 15.3 Å². The average Bonchev–Trinajstić information content (AvgIpc) is 2.93. The SMILES string of the molecule is Cc1cc(F)ccc1-c1nc(OC(C)N(CCO)CCO)nc2c1CNC(=O)N2c1c(F)cccc1F.O=C(O)C(F)(F)F. The fourth-order valence-corrected chi connectivity index (χ4v) is 4.18. The van der Waals surface area contributed by atoms with Gasteiger partial charge in [-0.25, -0.2) is 27.7 Å². The molecule has 2 amide bonds. The molecule has 11 nitrogen and oxygen atoms in total. The Kier molecular flexibility index (Phi) is 11.1. The topological polar surface area (TPSA) is 148 Å². The Hall–Kier alpha value is -4.48. The van der Waals surface area contributed by atoms with E-state index in [4.69, 9.17) is 14.6 Å². The van der Waals surface area contributed by atoms with Crippen molar-refractivity contribution in [2.45, 2.75) is 32.8 Å². The summed E-state index contributed by atoms with van der Waals surface area (Å²) in [6.07, 6.45) is -5.81. The zero-order chi connectivity index (χ0) is 32.8. The highest BCUT2D eigenvalue weighted by atomic mass is 19.4. The third-order valence-corrected chi connectivity index (χ3v) is 6.21. The summed E-state index contributed by atoms with van der Waals surface area (Å²) in [7, 11) is 0. The highest BCUT2D eigenvalue weighted by Crippen LogP contribution is 2.39. The lowest BCUT2D eigenvalue weighted by Crippen LogP contribution is -2.43. The number of rotatable bonds is 9. The van der Waals surface area contributed by atoms with Crippen LogP contribution in [0.25, 0.3) is 11.3 Å². The number of carboxylic acids is 1. The van der Waals surface area contributed by atoms with Crippen LogP contribution in [-0.2, 0) is 11.3 Å². The first-order chi connectivity index (χ1) is 20.7. The van der Waals surface area contributed by atoms with Crippen LogP contribution in [0.4, 0.5) is 42.6 Å². The number of nitrogens with one attached hydrogen (secondary N) is 1. The van der Waals surface area contributed by atoms with Gasteiger partial charge in [0.1, 0.15) is 23.1 Å². The van der Waals surface area contributed by atoms with Gasteiger partial charge in [-0.1, -0.05) is 6.07 Å². The minimum absolute atomic E-state index is 0.0517. The Morgan fingerprint density at radius 2 is 1.68 bits per heavy atom. The molecule has 17 heteroatoms. The lowest BCUT2D eigenvalue weighted by Gasteiger charge is -2.32. The van der Waals surface area contributed by atoms with Crippen LogP contribution in [0.5, 0.6) is 6.01 Å². The summed E-state index contributed by atoms with van der Waals surface area (Å²) in [5.41, 5.74) is 1.04. The van der Waals surface area contributed by atoms with Crippen molar-refractivity contribution in [3.05, 3.63) is 65.0 Å². The molecule has 0 aliphatic carbocycles. The largest absolute Gasteiger partial charge is 0.490 e. The maximum absolute atomic E-state index is 14.8. The average molecular weight is 632 g/mol. The number of amides is 2. The van der Waals surface area contributed by atoms with Crippen LogP contribution < -0.4 is 15.0 Å². The second-order valence-electron chi connectivity index (χ2n) is 9.18. The van der Waals surface area contributed by atoms with Crippen molar-refractivity contribution in [1.29, 1.82) is 0 Å². The Bertz CT molecular complexity index is 1480. The molecular formula is C27H27F6N5O6. The standard InChI is InChI=1S/C25H26F3N5O4.C2HF3O2/c1-14-12-16(26)6-7-17(14)21-18-13-29-25(36)33(22-19(27)4-3-5-20(22)28)23(18)31-24(30-21)37-15(2)32(8-10-34)9-11-35;3-2(4,5)1(6)7/h3-7,12,15,34-35H,8-11,13H2,1-2H3,(H,29,36);(H,6,7). The van der Waals surface area contributed by atoms with Crippen molar-refractivity contribution in [2.24, 2.45) is 0 Å². The van der Waals surface area contributed by atoms with Gasteiger partial charge in [-0.2, -0.15) is 23.1 Å². The lowest BCUT2D eigenvalue weighted by molar-refractivity contribution is -0.192. The maximum atomic E-state index is 14.8. The van der Waals surface area contributed by atoms with Gasteiger partial charge in [0.25, 0.3) is 0 Å². The van der Waals surface area contributed by atoms with Crippen molar-refractivity contribution < 1.29 is 56.0 Å². The number of nitrogens with zero attached hydrogens (tertiary/aromatic N) is 4. The Morgan fingerprint density at radius 3 is 2.20 bits per heavy atom. The van der Waals surface area contributed by atoms with Gasteiger partial charge in [0.15, 0.2) is 12.0 Å². The molecule has 0 spiro atoms. The number of aliphatic hydroxyl groups is 2. The molecular weight excluding hydrogens is 604 g/mol. The van der Waals surface area contributed by atoms with E-state index in [0.29, 0.717) is 16.7 Å². The second kappa shape index (κ2) is 14.3. The molecule has 0 bridgehead atoms. The highest BCUT2D eigenvalue weighted by Gasteiger charge is 2.38. The first kappa shape index (κ1) is 34.0. The van der Waals surface area contributed by atoms with Gasteiger partial charge in [-0.05, 0) is 49.7 Å². The van der Waals surface area contributed by atoms with E-state index in [1.165, 1.54) is 24.3 Å². The Labute approximate surface area is 246 Å². The molecule has 1 aliphatic heterocycles. The van der Waals surface area contributed by atoms with Crippen LogP contribution in [-0.4, -0.2) is 80.9 Å². The van der Waals surface area contributed by atoms with E-state index >= 15 is 0 Å². The predicted molar refractivity (Wildman–Crippen MR) is 142 cm³/mol. The van der Waals surface area contributed by atoms with E-state index in [0.717, 1.165) is 17.0 Å². The lowest BCUT2D eigenvalue weighted by atomic mass is 10.00. The third kappa shape index (κ3) is 7.91. The summed E-state index contributed by atoms with van der Waals surface area (Å²) in [5, 5.41) is 28.4. The summed E-state index contributed by atoms with van der Waals surface area (Å²) in [5.74, 6) is -5.27. The molecule has 3 aromatic rings. The zero-order valence-electron chi connectivity index (χ0n) is 23.2. The molecule has 4 rings (SSSR count). The Balaban J connectivity index is 0.000000676. The number of alkyl halides is 3. The summed E-state index contributed by atoms with van der Waals surface area (Å²) in [6.45, 7) is 3.26. The van der Waals surface area contributed by atoms with Crippen LogP contribution in [0.1, 0.15) is 18.1 Å². The van der Waals surface area contributed by atoms with E-state index in [1.807, 2.05) is 0 Å². The molecule has 1 aromatic heterocycles. The summed E-state index contributed by atoms with van der Waals surface area (Å²) >= 11 is 0. The van der Waals surface area contributed by atoms with Crippen molar-refractivity contribution >= 4 is 23.5 Å². The molecule has 0 saturated heterocycles. The fourth-order valence-electron chi connectivity index (χ4n) is 4.18. The number of hydrogen-bond donors (Lipinski definition) is 4. The monoisotopic (exact) mass is 631 g/mol. The maximum Gasteiger partial charge on any atom is 0.490 e. The fraction of sp³-hybridized carbons (Fsp3) is 0.333. The molecule has 1 atom stereocenters. The van der Waals surface area contributed by atoms with E-state index in [-0.39, 0.29) is 50.4 Å². The van der Waals surface area contributed by atoms with Crippen molar-refractivity contribution in [1.82, 2.24) is 20.2 Å². The highest BCUT2D eigenvalue weighted by molar-refractivity contribution is 6.02. The van der Waals surface area contributed by atoms with Gasteiger partial charge >= 0.3 is 24.2 Å². The first-order valence-corrected chi connectivity index (χ1v) is 12.8. The van der Waals surface area contributed by atoms with Crippen LogP contribution in [0.2, 0.25) is 0 Å². The normalized spacial score (nSPS) is 13.5. The number of carbonyl (C=O) groups is 2. The van der Waals surface area contributed by atoms with Crippen LogP contribution in [0.3, 0.4) is 0 Å². The second-order valence-corrected chi connectivity index (χ2v) is 9.18.